The number of carbonyl (C=O) groups is 1. The van der Waals surface area contributed by atoms with E-state index in [1.54, 1.807) is 0 Å². The second kappa shape index (κ2) is 23.2. The molecule has 0 aromatic heterocycles. The summed E-state index contributed by atoms with van der Waals surface area (Å²) in [6.45, 7) is 9.41. The molecule has 3 aliphatic rings. The lowest BCUT2D eigenvalue weighted by Gasteiger charge is -2.49. The molecule has 4 unspecified atom stereocenters. The first-order valence-corrected chi connectivity index (χ1v) is 28.3. The van der Waals surface area contributed by atoms with Gasteiger partial charge in [-0.25, -0.2) is 17.9 Å². The summed E-state index contributed by atoms with van der Waals surface area (Å²) in [6, 6.07) is 38.5. The minimum Gasteiger partial charge on any atom is -0.424 e. The Balaban J connectivity index is 1.25. The predicted octanol–water partition coefficient (Wildman–Crippen LogP) is 7.71. The van der Waals surface area contributed by atoms with Crippen molar-refractivity contribution in [1.29, 1.82) is 0 Å². The van der Waals surface area contributed by atoms with Crippen LogP contribution in [0.15, 0.2) is 121 Å². The molecule has 3 heterocycles. The van der Waals surface area contributed by atoms with E-state index in [-0.39, 0.29) is 38.8 Å². The molecule has 7 rings (SSSR count). The maximum Gasteiger partial charge on any atom is 0.509 e. The first-order valence-electron chi connectivity index (χ1n) is 21.9. The van der Waals surface area contributed by atoms with Gasteiger partial charge in [-0.15, -0.1) is 11.8 Å². The second-order valence-corrected chi connectivity index (χ2v) is 26.2. The average molecular weight is 936 g/mol. The number of hydrogen-bond donors (Lipinski definition) is 1. The summed E-state index contributed by atoms with van der Waals surface area (Å²) in [7, 11) is -5.59. The summed E-state index contributed by atoms with van der Waals surface area (Å²) >= 11 is 1.48. The molecular weight excluding hydrogens is 875 g/mol. The fourth-order valence-corrected chi connectivity index (χ4v) is 13.2. The molecule has 3 saturated heterocycles. The smallest absolute Gasteiger partial charge is 0.424 e. The lowest BCUT2D eigenvalue weighted by atomic mass is 9.96. The van der Waals surface area contributed by atoms with E-state index in [4.69, 9.17) is 42.6 Å². The second-order valence-electron chi connectivity index (χ2n) is 17.4. The number of sulfonamides is 1. The van der Waals surface area contributed by atoms with Crippen LogP contribution in [-0.4, -0.2) is 108 Å². The minimum atomic E-state index is -3.84. The highest BCUT2D eigenvalue weighted by Gasteiger charge is 2.58. The van der Waals surface area contributed by atoms with Crippen molar-refractivity contribution in [1.82, 2.24) is 4.72 Å². The fraction of sp³-hybridized carbons (Fsp3) is 0.479. The Labute approximate surface area is 382 Å². The maximum absolute atomic E-state index is 14.1. The van der Waals surface area contributed by atoms with Gasteiger partial charge >= 0.3 is 6.16 Å². The Morgan fingerprint density at radius 1 is 0.625 bits per heavy atom. The Morgan fingerprint density at radius 3 is 1.62 bits per heavy atom. The Morgan fingerprint density at radius 2 is 1.11 bits per heavy atom. The molecule has 10 atom stereocenters. The average Bonchev–Trinajstić information content (AvgIpc) is 3.69. The first kappa shape index (κ1) is 48.3. The summed E-state index contributed by atoms with van der Waals surface area (Å²) in [5.41, 5.74) is 3.01. The first-order chi connectivity index (χ1) is 30.9. The monoisotopic (exact) mass is 935 g/mol. The van der Waals surface area contributed by atoms with Gasteiger partial charge in [0.05, 0.1) is 51.4 Å². The summed E-state index contributed by atoms with van der Waals surface area (Å²) in [5.74, 6) is 0.593. The van der Waals surface area contributed by atoms with Gasteiger partial charge in [-0.1, -0.05) is 148 Å². The molecule has 1 N–H and O–H groups in total. The SMILES string of the molecule is CCSC1OC(COCc2ccccc2)[C@@H](OC2OC(COCc3ccccc3)[C@@H]3OC(=O)O[C@@H]3[C@@H]2OCc2ccccc2)[C@H](OCc2ccccc2)[C@@H]1NS(=O)(=O)CC[Si](C)(C)C. The third-order valence-electron chi connectivity index (χ3n) is 11.1. The molecule has 3 fully saturated rings. The highest BCUT2D eigenvalue weighted by molar-refractivity contribution is 7.99. The molecule has 0 saturated carbocycles. The number of thioether (sulfide) groups is 1. The highest BCUT2D eigenvalue weighted by atomic mass is 32.2. The van der Waals surface area contributed by atoms with Gasteiger partial charge in [-0.2, -0.15) is 0 Å². The van der Waals surface area contributed by atoms with Crippen LogP contribution in [0.5, 0.6) is 0 Å². The Hall–Kier alpha value is -3.65. The van der Waals surface area contributed by atoms with Gasteiger partial charge in [-0.05, 0) is 34.1 Å². The van der Waals surface area contributed by atoms with Gasteiger partial charge in [0.15, 0.2) is 18.5 Å². The molecule has 4 aromatic rings. The molecule has 0 amide bonds. The largest absolute Gasteiger partial charge is 0.509 e. The summed E-state index contributed by atoms with van der Waals surface area (Å²) < 4.78 is 89.7. The van der Waals surface area contributed by atoms with Gasteiger partial charge < -0.3 is 42.6 Å². The van der Waals surface area contributed by atoms with E-state index in [0.717, 1.165) is 22.3 Å². The van der Waals surface area contributed by atoms with E-state index in [0.29, 0.717) is 18.4 Å². The van der Waals surface area contributed by atoms with Crippen molar-refractivity contribution in [3.63, 3.8) is 0 Å². The fourth-order valence-electron chi connectivity index (χ4n) is 7.79. The summed E-state index contributed by atoms with van der Waals surface area (Å²) in [6.07, 6.45) is -8.45. The number of fused-ring (bicyclic) bond motifs is 1. The number of nitrogens with one attached hydrogen (secondary N) is 1. The van der Waals surface area contributed by atoms with E-state index >= 15 is 0 Å². The van der Waals surface area contributed by atoms with E-state index in [2.05, 4.69) is 24.4 Å². The van der Waals surface area contributed by atoms with Crippen molar-refractivity contribution in [2.75, 3.05) is 24.7 Å². The predicted molar refractivity (Wildman–Crippen MR) is 247 cm³/mol. The van der Waals surface area contributed by atoms with Crippen molar-refractivity contribution in [3.05, 3.63) is 144 Å². The number of carbonyl (C=O) groups excluding carboxylic acids is 1. The molecule has 16 heteroatoms. The van der Waals surface area contributed by atoms with Gasteiger partial charge in [-0.3, -0.25) is 0 Å². The van der Waals surface area contributed by atoms with Crippen molar-refractivity contribution in [2.24, 2.45) is 0 Å². The molecule has 3 aliphatic heterocycles. The van der Waals surface area contributed by atoms with Crippen molar-refractivity contribution < 1.29 is 55.8 Å². The molecule has 0 spiro atoms. The molecule has 13 nitrogen and oxygen atoms in total. The van der Waals surface area contributed by atoms with E-state index in [1.807, 2.05) is 128 Å². The molecule has 4 aromatic carbocycles. The van der Waals surface area contributed by atoms with Crippen LogP contribution in [0, 0.1) is 0 Å². The van der Waals surface area contributed by atoms with Crippen LogP contribution in [0.1, 0.15) is 29.2 Å². The highest BCUT2D eigenvalue weighted by Crippen LogP contribution is 2.39. The van der Waals surface area contributed by atoms with Crippen molar-refractivity contribution in [2.45, 2.75) is 120 Å². The summed E-state index contributed by atoms with van der Waals surface area (Å²) in [4.78, 5) is 13.0. The van der Waals surface area contributed by atoms with Crippen LogP contribution in [0.3, 0.4) is 0 Å². The quantitative estimate of drug-likeness (QED) is 0.0573. The normalized spacial score (nSPS) is 27.1. The molecular formula is C48H61NO12S2Si. The Bertz CT molecular complexity index is 2120. The van der Waals surface area contributed by atoms with Crippen LogP contribution in [0.4, 0.5) is 4.79 Å². The summed E-state index contributed by atoms with van der Waals surface area (Å²) in [5, 5.41) is 0. The van der Waals surface area contributed by atoms with E-state index in [1.165, 1.54) is 11.8 Å². The number of rotatable bonds is 23. The Kier molecular flexibility index (Phi) is 17.5. The van der Waals surface area contributed by atoms with Crippen LogP contribution in [0.25, 0.3) is 0 Å². The van der Waals surface area contributed by atoms with Gasteiger partial charge in [0.1, 0.15) is 36.0 Å². The van der Waals surface area contributed by atoms with Gasteiger partial charge in [0.2, 0.25) is 10.0 Å². The van der Waals surface area contributed by atoms with Gasteiger partial charge in [0, 0.05) is 8.07 Å². The van der Waals surface area contributed by atoms with Crippen LogP contribution in [-0.2, 0) is 79.1 Å². The lowest BCUT2D eigenvalue weighted by molar-refractivity contribution is -0.333. The van der Waals surface area contributed by atoms with Gasteiger partial charge in [0.25, 0.3) is 0 Å². The number of ether oxygens (including phenoxy) is 9. The van der Waals surface area contributed by atoms with E-state index in [9.17, 15) is 13.2 Å². The van der Waals surface area contributed by atoms with Crippen molar-refractivity contribution in [3.8, 4) is 0 Å². The topological polar surface area (TPSA) is 146 Å². The van der Waals surface area contributed by atoms with Crippen LogP contribution < -0.4 is 4.72 Å². The van der Waals surface area contributed by atoms with Crippen LogP contribution >= 0.6 is 11.8 Å². The maximum atomic E-state index is 14.1. The molecule has 0 radical (unpaired) electrons. The lowest BCUT2D eigenvalue weighted by Crippen LogP contribution is -2.67. The minimum absolute atomic E-state index is 0.0331. The van der Waals surface area contributed by atoms with Crippen LogP contribution in [0.2, 0.25) is 25.7 Å². The number of benzene rings is 4. The zero-order valence-corrected chi connectivity index (χ0v) is 39.5. The molecule has 346 valence electrons. The third kappa shape index (κ3) is 13.9. The zero-order valence-electron chi connectivity index (χ0n) is 36.9. The molecule has 0 bridgehead atoms. The zero-order chi connectivity index (χ0) is 44.9. The molecule has 0 aliphatic carbocycles. The third-order valence-corrected chi connectivity index (χ3v) is 15.7. The molecule has 64 heavy (non-hydrogen) atoms. The van der Waals surface area contributed by atoms with E-state index < -0.39 is 84.7 Å². The number of hydrogen-bond acceptors (Lipinski definition) is 13. The van der Waals surface area contributed by atoms with Crippen molar-refractivity contribution >= 4 is 36.0 Å². The standard InChI is InChI=1S/C48H61NO12S2Si/c1-5-62-47-40(49-63(51,52)26-27-64(2,3)4)43(55-30-36-22-14-8-15-23-36)41(39(58-47)33-54-29-35-20-12-7-13-21-35)59-46-45(56-31-37-24-16-9-17-25-37)44-42(60-48(50)61-44)38(57-46)32-53-28-34-18-10-6-11-19-34/h6-25,38-47,49H,5,26-33H2,1-4H3/t38?,39?,40-,41+,42-,43+,44-,45-,46?,47?/m0/s1.